The Bertz CT molecular complexity index is 768. The lowest BCUT2D eigenvalue weighted by molar-refractivity contribution is -0.141. The number of carbonyl (C=O) groups excluding carboxylic acids is 1. The van der Waals surface area contributed by atoms with E-state index in [1.54, 1.807) is 16.5 Å². The molecule has 1 atom stereocenters. The molecule has 2 amide bonds. The Hall–Kier alpha value is -2.03. The van der Waals surface area contributed by atoms with E-state index in [-0.39, 0.29) is 11.9 Å². The van der Waals surface area contributed by atoms with Crippen LogP contribution in [0.2, 0.25) is 0 Å². The molecule has 1 aliphatic heterocycles. The van der Waals surface area contributed by atoms with E-state index in [4.69, 9.17) is 0 Å². The van der Waals surface area contributed by atoms with Crippen LogP contribution in [-0.4, -0.2) is 34.1 Å². The van der Waals surface area contributed by atoms with Crippen LogP contribution in [0.5, 0.6) is 0 Å². The third-order valence-corrected chi connectivity index (χ3v) is 5.22. The molecule has 5 nitrogen and oxygen atoms in total. The van der Waals surface area contributed by atoms with Crippen LogP contribution >= 0.6 is 11.3 Å². The summed E-state index contributed by atoms with van der Waals surface area (Å²) in [6.45, 7) is 2.84. The normalized spacial score (nSPS) is 17.2. The van der Waals surface area contributed by atoms with Gasteiger partial charge < -0.3 is 14.8 Å². The number of fused-ring (bicyclic) bond motifs is 1. The number of rotatable bonds is 3. The number of carbonyl (C=O) groups is 1. The van der Waals surface area contributed by atoms with Crippen LogP contribution in [-0.2, 0) is 19.1 Å². The van der Waals surface area contributed by atoms with Crippen LogP contribution in [0.15, 0.2) is 17.0 Å². The van der Waals surface area contributed by atoms with Crippen molar-refractivity contribution in [1.29, 1.82) is 0 Å². The second-order valence-corrected chi connectivity index (χ2v) is 7.12. The lowest BCUT2D eigenvalue weighted by Crippen LogP contribution is -2.37. The minimum Gasteiger partial charge on any atom is -0.334 e. The highest BCUT2D eigenvalue weighted by Crippen LogP contribution is 2.31. The van der Waals surface area contributed by atoms with Gasteiger partial charge in [0.05, 0.1) is 5.69 Å². The van der Waals surface area contributed by atoms with Crippen molar-refractivity contribution in [3.8, 4) is 0 Å². The van der Waals surface area contributed by atoms with Crippen molar-refractivity contribution in [2.24, 2.45) is 5.92 Å². The summed E-state index contributed by atoms with van der Waals surface area (Å²) in [4.78, 5) is 17.5. The van der Waals surface area contributed by atoms with Crippen molar-refractivity contribution in [3.63, 3.8) is 0 Å². The molecule has 2 aromatic rings. The van der Waals surface area contributed by atoms with Crippen molar-refractivity contribution in [2.75, 3.05) is 18.9 Å². The minimum absolute atomic E-state index is 0.0992. The maximum Gasteiger partial charge on any atom is 0.434 e. The van der Waals surface area contributed by atoms with Crippen LogP contribution in [0.25, 0.3) is 0 Å². The SMILES string of the molecule is Cc1cscc1NC(=O)N(C)CC1CCc2nc(C(F)(F)F)cn2C1. The summed E-state index contributed by atoms with van der Waals surface area (Å²) >= 11 is 1.52. The molecule has 25 heavy (non-hydrogen) atoms. The van der Waals surface area contributed by atoms with Crippen molar-refractivity contribution in [3.05, 3.63) is 34.0 Å². The molecule has 1 N–H and O–H groups in total. The number of imidazole rings is 1. The Labute approximate surface area is 147 Å². The van der Waals surface area contributed by atoms with Gasteiger partial charge in [-0.05, 0) is 30.2 Å². The van der Waals surface area contributed by atoms with Gasteiger partial charge in [-0.3, -0.25) is 0 Å². The third kappa shape index (κ3) is 3.97. The van der Waals surface area contributed by atoms with Gasteiger partial charge in [0.15, 0.2) is 5.69 Å². The van der Waals surface area contributed by atoms with Gasteiger partial charge in [-0.2, -0.15) is 13.2 Å². The molecule has 0 saturated heterocycles. The molecule has 0 radical (unpaired) electrons. The zero-order valence-electron chi connectivity index (χ0n) is 13.9. The number of hydrogen-bond donors (Lipinski definition) is 1. The van der Waals surface area contributed by atoms with Gasteiger partial charge in [0.1, 0.15) is 5.82 Å². The summed E-state index contributed by atoms with van der Waals surface area (Å²) in [5.41, 5.74) is 0.951. The second-order valence-electron chi connectivity index (χ2n) is 6.38. The molecule has 0 aromatic carbocycles. The van der Waals surface area contributed by atoms with Gasteiger partial charge in [0, 0.05) is 38.1 Å². The summed E-state index contributed by atoms with van der Waals surface area (Å²) in [6, 6.07) is -0.214. The molecule has 9 heteroatoms. The number of hydrogen-bond acceptors (Lipinski definition) is 3. The van der Waals surface area contributed by atoms with Gasteiger partial charge in [-0.25, -0.2) is 9.78 Å². The van der Waals surface area contributed by atoms with Crippen LogP contribution in [0.3, 0.4) is 0 Å². The van der Waals surface area contributed by atoms with E-state index in [9.17, 15) is 18.0 Å². The lowest BCUT2D eigenvalue weighted by Gasteiger charge is -2.28. The fraction of sp³-hybridized carbons (Fsp3) is 0.500. The summed E-state index contributed by atoms with van der Waals surface area (Å²) in [6.07, 6.45) is -2.16. The highest BCUT2D eigenvalue weighted by molar-refractivity contribution is 7.08. The molecule has 0 aliphatic carbocycles. The van der Waals surface area contributed by atoms with Crippen LogP contribution in [0.4, 0.5) is 23.7 Å². The first-order valence-electron chi connectivity index (χ1n) is 7.92. The third-order valence-electron chi connectivity index (χ3n) is 4.36. The van der Waals surface area contributed by atoms with E-state index >= 15 is 0 Å². The zero-order chi connectivity index (χ0) is 18.2. The number of halogens is 3. The van der Waals surface area contributed by atoms with Crippen LogP contribution < -0.4 is 5.32 Å². The van der Waals surface area contributed by atoms with E-state index in [1.807, 2.05) is 17.7 Å². The summed E-state index contributed by atoms with van der Waals surface area (Å²) in [7, 11) is 1.70. The Morgan fingerprint density at radius 1 is 1.48 bits per heavy atom. The average Bonchev–Trinajstić information content (AvgIpc) is 3.13. The topological polar surface area (TPSA) is 50.2 Å². The number of aromatic nitrogens is 2. The second kappa shape index (κ2) is 6.70. The number of aryl methyl sites for hydroxylation is 2. The zero-order valence-corrected chi connectivity index (χ0v) is 14.7. The van der Waals surface area contributed by atoms with Gasteiger partial charge >= 0.3 is 12.2 Å². The molecular weight excluding hydrogens is 353 g/mol. The number of urea groups is 1. The smallest absolute Gasteiger partial charge is 0.334 e. The molecular formula is C16H19F3N4OS. The van der Waals surface area contributed by atoms with Crippen molar-refractivity contribution in [2.45, 2.75) is 32.5 Å². The number of amides is 2. The van der Waals surface area contributed by atoms with Crippen LogP contribution in [0, 0.1) is 12.8 Å². The van der Waals surface area contributed by atoms with Crippen LogP contribution in [0.1, 0.15) is 23.5 Å². The highest BCUT2D eigenvalue weighted by Gasteiger charge is 2.36. The predicted octanol–water partition coefficient (Wildman–Crippen LogP) is 4.00. The quantitative estimate of drug-likeness (QED) is 0.885. The standard InChI is InChI=1S/C16H19F3N4OS/c1-10-8-25-9-12(10)20-15(24)22(2)5-11-3-4-14-21-13(16(17,18)19)7-23(14)6-11/h7-9,11H,3-6H2,1-2H3,(H,20,24). The van der Waals surface area contributed by atoms with E-state index in [2.05, 4.69) is 10.3 Å². The van der Waals surface area contributed by atoms with E-state index in [1.165, 1.54) is 11.3 Å². The Morgan fingerprint density at radius 3 is 2.88 bits per heavy atom. The lowest BCUT2D eigenvalue weighted by atomic mass is 9.99. The number of nitrogens with one attached hydrogen (secondary N) is 1. The van der Waals surface area contributed by atoms with Crippen molar-refractivity contribution in [1.82, 2.24) is 14.5 Å². The molecule has 0 bridgehead atoms. The predicted molar refractivity (Wildman–Crippen MR) is 89.7 cm³/mol. The van der Waals surface area contributed by atoms with Crippen molar-refractivity contribution >= 4 is 23.1 Å². The number of nitrogens with zero attached hydrogens (tertiary/aromatic N) is 3. The number of anilines is 1. The molecule has 0 saturated carbocycles. The Balaban J connectivity index is 1.59. The van der Waals surface area contributed by atoms with Gasteiger partial charge in [0.2, 0.25) is 0 Å². The van der Waals surface area contributed by atoms with E-state index in [0.29, 0.717) is 31.8 Å². The van der Waals surface area contributed by atoms with Crippen molar-refractivity contribution < 1.29 is 18.0 Å². The first-order chi connectivity index (χ1) is 11.7. The molecule has 2 aromatic heterocycles. The van der Waals surface area contributed by atoms with Gasteiger partial charge in [-0.15, -0.1) is 11.3 Å². The first kappa shape index (κ1) is 17.8. The first-order valence-corrected chi connectivity index (χ1v) is 8.86. The molecule has 1 aliphatic rings. The molecule has 0 spiro atoms. The number of alkyl halides is 3. The summed E-state index contributed by atoms with van der Waals surface area (Å²) in [5, 5.41) is 6.68. The summed E-state index contributed by atoms with van der Waals surface area (Å²) in [5.74, 6) is 0.562. The van der Waals surface area contributed by atoms with Gasteiger partial charge in [-0.1, -0.05) is 0 Å². The fourth-order valence-corrected chi connectivity index (χ4v) is 3.75. The minimum atomic E-state index is -4.42. The maximum atomic E-state index is 12.8. The Kier molecular flexibility index (Phi) is 4.77. The summed E-state index contributed by atoms with van der Waals surface area (Å²) < 4.78 is 39.9. The monoisotopic (exact) mass is 372 g/mol. The molecule has 3 rings (SSSR count). The number of thiophene rings is 1. The largest absolute Gasteiger partial charge is 0.434 e. The van der Waals surface area contributed by atoms with Gasteiger partial charge in [0.25, 0.3) is 0 Å². The fourth-order valence-electron chi connectivity index (χ4n) is 2.97. The molecule has 3 heterocycles. The molecule has 1 unspecified atom stereocenters. The van der Waals surface area contributed by atoms with E-state index in [0.717, 1.165) is 17.4 Å². The molecule has 0 fully saturated rings. The molecule has 136 valence electrons. The maximum absolute atomic E-state index is 12.8. The van der Waals surface area contributed by atoms with E-state index < -0.39 is 11.9 Å². The Morgan fingerprint density at radius 2 is 2.24 bits per heavy atom. The highest BCUT2D eigenvalue weighted by atomic mass is 32.1. The average molecular weight is 372 g/mol.